The van der Waals surface area contributed by atoms with Gasteiger partial charge in [0.15, 0.2) is 0 Å². The summed E-state index contributed by atoms with van der Waals surface area (Å²) in [6.45, 7) is 4.41. The number of rotatable bonds is 4. The first-order chi connectivity index (χ1) is 8.16. The van der Waals surface area contributed by atoms with Gasteiger partial charge >= 0.3 is 0 Å². The zero-order valence-electron chi connectivity index (χ0n) is 9.98. The Morgan fingerprint density at radius 2 is 1.65 bits per heavy atom. The van der Waals surface area contributed by atoms with Gasteiger partial charge in [0.2, 0.25) is 0 Å². The molecule has 2 rings (SSSR count). The van der Waals surface area contributed by atoms with Crippen molar-refractivity contribution in [1.82, 2.24) is 5.32 Å². The predicted octanol–water partition coefficient (Wildman–Crippen LogP) is 4.92. The number of hydrogen-bond acceptors (Lipinski definition) is 2. The lowest BCUT2D eigenvalue weighted by Crippen LogP contribution is -2.22. The van der Waals surface area contributed by atoms with E-state index in [1.54, 1.807) is 11.3 Å². The Kier molecular flexibility index (Phi) is 4.37. The lowest BCUT2D eigenvalue weighted by Gasteiger charge is -2.19. The first-order valence-corrected chi connectivity index (χ1v) is 7.44. The Balaban J connectivity index is 2.01. The smallest absolute Gasteiger partial charge is 0.0305 e. The van der Waals surface area contributed by atoms with Crippen LogP contribution in [0.4, 0.5) is 0 Å². The molecule has 1 aromatic heterocycles. The molecule has 1 heterocycles. The fourth-order valence-electron chi connectivity index (χ4n) is 1.84. The lowest BCUT2D eigenvalue weighted by molar-refractivity contribution is 0.495. The second kappa shape index (κ2) is 5.80. The molecular weight excluding hydrogens is 294 g/mol. The third-order valence-corrected chi connectivity index (χ3v) is 4.14. The monoisotopic (exact) mass is 309 g/mol. The van der Waals surface area contributed by atoms with E-state index in [4.69, 9.17) is 0 Å². The minimum Gasteiger partial charge on any atom is -0.304 e. The molecule has 17 heavy (non-hydrogen) atoms. The molecule has 0 amide bonds. The van der Waals surface area contributed by atoms with Crippen LogP contribution in [0.25, 0.3) is 0 Å². The second-order valence-corrected chi connectivity index (χ2v) is 5.91. The Hall–Kier alpha value is -0.640. The fourth-order valence-corrected chi connectivity index (χ4v) is 2.86. The molecule has 0 radical (unpaired) electrons. The van der Waals surface area contributed by atoms with E-state index in [1.165, 1.54) is 11.1 Å². The summed E-state index contributed by atoms with van der Waals surface area (Å²) in [5.41, 5.74) is 2.68. The van der Waals surface area contributed by atoms with Crippen LogP contribution in [-0.4, -0.2) is 0 Å². The highest BCUT2D eigenvalue weighted by atomic mass is 79.9. The standard InChI is InChI=1S/C14H16BrNS/c1-10(12-3-5-14(15)6-4-12)16-11(2)13-7-8-17-9-13/h3-11,16H,1-2H3/t10-,11?/m1/s1. The molecule has 90 valence electrons. The summed E-state index contributed by atoms with van der Waals surface area (Å²) in [6.07, 6.45) is 0. The van der Waals surface area contributed by atoms with E-state index in [0.717, 1.165) is 4.47 Å². The van der Waals surface area contributed by atoms with Crippen LogP contribution in [0.5, 0.6) is 0 Å². The van der Waals surface area contributed by atoms with E-state index in [2.05, 4.69) is 76.2 Å². The molecule has 1 unspecified atom stereocenters. The van der Waals surface area contributed by atoms with Gasteiger partial charge in [-0.1, -0.05) is 28.1 Å². The Labute approximate surface area is 115 Å². The molecular formula is C14H16BrNS. The molecule has 0 fully saturated rings. The molecule has 0 spiro atoms. The molecule has 1 aromatic carbocycles. The fraction of sp³-hybridized carbons (Fsp3) is 0.286. The zero-order valence-corrected chi connectivity index (χ0v) is 12.4. The van der Waals surface area contributed by atoms with Crippen LogP contribution < -0.4 is 5.32 Å². The number of hydrogen-bond donors (Lipinski definition) is 1. The van der Waals surface area contributed by atoms with E-state index in [-0.39, 0.29) is 0 Å². The van der Waals surface area contributed by atoms with Crippen LogP contribution in [0.1, 0.15) is 37.1 Å². The summed E-state index contributed by atoms with van der Waals surface area (Å²) in [5.74, 6) is 0. The molecule has 0 bridgehead atoms. The van der Waals surface area contributed by atoms with Crippen molar-refractivity contribution in [3.63, 3.8) is 0 Å². The van der Waals surface area contributed by atoms with E-state index in [0.29, 0.717) is 12.1 Å². The quantitative estimate of drug-likeness (QED) is 0.845. The van der Waals surface area contributed by atoms with Gasteiger partial charge in [-0.2, -0.15) is 11.3 Å². The van der Waals surface area contributed by atoms with Crippen LogP contribution in [0, 0.1) is 0 Å². The van der Waals surface area contributed by atoms with Crippen molar-refractivity contribution in [3.8, 4) is 0 Å². The van der Waals surface area contributed by atoms with Gasteiger partial charge in [-0.3, -0.25) is 0 Å². The highest BCUT2D eigenvalue weighted by Gasteiger charge is 2.11. The van der Waals surface area contributed by atoms with Crippen LogP contribution in [0.2, 0.25) is 0 Å². The summed E-state index contributed by atoms with van der Waals surface area (Å²) in [7, 11) is 0. The van der Waals surface area contributed by atoms with E-state index in [9.17, 15) is 0 Å². The van der Waals surface area contributed by atoms with Crippen molar-refractivity contribution in [1.29, 1.82) is 0 Å². The molecule has 0 aliphatic rings. The summed E-state index contributed by atoms with van der Waals surface area (Å²) < 4.78 is 1.12. The van der Waals surface area contributed by atoms with Crippen LogP contribution >= 0.6 is 27.3 Å². The van der Waals surface area contributed by atoms with Gasteiger partial charge in [0.1, 0.15) is 0 Å². The van der Waals surface area contributed by atoms with E-state index < -0.39 is 0 Å². The Morgan fingerprint density at radius 3 is 2.24 bits per heavy atom. The highest BCUT2D eigenvalue weighted by Crippen LogP contribution is 2.22. The normalized spacial score (nSPS) is 14.5. The lowest BCUT2D eigenvalue weighted by atomic mass is 10.1. The van der Waals surface area contributed by atoms with E-state index in [1.807, 2.05) is 0 Å². The highest BCUT2D eigenvalue weighted by molar-refractivity contribution is 9.10. The van der Waals surface area contributed by atoms with Gasteiger partial charge in [-0.15, -0.1) is 0 Å². The molecule has 2 atom stereocenters. The van der Waals surface area contributed by atoms with Gasteiger partial charge in [-0.25, -0.2) is 0 Å². The average molecular weight is 310 g/mol. The van der Waals surface area contributed by atoms with Crippen LogP contribution in [0.3, 0.4) is 0 Å². The number of benzene rings is 1. The molecule has 1 nitrogen and oxygen atoms in total. The van der Waals surface area contributed by atoms with Crippen LogP contribution in [-0.2, 0) is 0 Å². The third-order valence-electron chi connectivity index (χ3n) is 2.91. The van der Waals surface area contributed by atoms with Crippen molar-refractivity contribution in [2.24, 2.45) is 0 Å². The maximum absolute atomic E-state index is 3.61. The molecule has 3 heteroatoms. The largest absolute Gasteiger partial charge is 0.304 e. The predicted molar refractivity (Wildman–Crippen MR) is 78.4 cm³/mol. The number of halogens is 1. The summed E-state index contributed by atoms with van der Waals surface area (Å²) in [6, 6.07) is 11.4. The molecule has 2 aromatic rings. The molecule has 1 N–H and O–H groups in total. The SMILES string of the molecule is CC(N[C@H](C)c1ccc(Br)cc1)c1ccsc1. The summed E-state index contributed by atoms with van der Waals surface area (Å²) >= 11 is 5.20. The van der Waals surface area contributed by atoms with Crippen molar-refractivity contribution >= 4 is 27.3 Å². The van der Waals surface area contributed by atoms with E-state index >= 15 is 0 Å². The minimum absolute atomic E-state index is 0.359. The molecule has 0 aliphatic carbocycles. The summed E-state index contributed by atoms with van der Waals surface area (Å²) in [4.78, 5) is 0. The van der Waals surface area contributed by atoms with Crippen molar-refractivity contribution in [2.75, 3.05) is 0 Å². The first kappa shape index (κ1) is 12.8. The Morgan fingerprint density at radius 1 is 1.00 bits per heavy atom. The van der Waals surface area contributed by atoms with Crippen molar-refractivity contribution in [2.45, 2.75) is 25.9 Å². The van der Waals surface area contributed by atoms with Gasteiger partial charge in [0.05, 0.1) is 0 Å². The van der Waals surface area contributed by atoms with Gasteiger partial charge in [-0.05, 0) is 53.9 Å². The number of nitrogens with one attached hydrogen (secondary N) is 1. The van der Waals surface area contributed by atoms with Gasteiger partial charge in [0.25, 0.3) is 0 Å². The summed E-state index contributed by atoms with van der Waals surface area (Å²) in [5, 5.41) is 7.93. The minimum atomic E-state index is 0.359. The Bertz CT molecular complexity index is 450. The first-order valence-electron chi connectivity index (χ1n) is 5.70. The maximum Gasteiger partial charge on any atom is 0.0305 e. The topological polar surface area (TPSA) is 12.0 Å². The maximum atomic E-state index is 3.61. The molecule has 0 saturated carbocycles. The molecule has 0 aliphatic heterocycles. The zero-order chi connectivity index (χ0) is 12.3. The average Bonchev–Trinajstić information content (AvgIpc) is 2.83. The molecule has 0 saturated heterocycles. The second-order valence-electron chi connectivity index (χ2n) is 4.22. The van der Waals surface area contributed by atoms with Crippen LogP contribution in [0.15, 0.2) is 45.6 Å². The van der Waals surface area contributed by atoms with Crippen molar-refractivity contribution < 1.29 is 0 Å². The number of thiophene rings is 1. The van der Waals surface area contributed by atoms with Crippen molar-refractivity contribution in [3.05, 3.63) is 56.7 Å². The third kappa shape index (κ3) is 3.41. The van der Waals surface area contributed by atoms with Gasteiger partial charge < -0.3 is 5.32 Å². The van der Waals surface area contributed by atoms with Gasteiger partial charge in [0, 0.05) is 16.6 Å².